The number of aliphatic hydroxyl groups is 1. The van der Waals surface area contributed by atoms with Crippen molar-refractivity contribution in [2.75, 3.05) is 40.3 Å². The van der Waals surface area contributed by atoms with E-state index in [0.717, 1.165) is 46.5 Å². The van der Waals surface area contributed by atoms with Crippen molar-refractivity contribution in [2.24, 2.45) is 5.41 Å². The van der Waals surface area contributed by atoms with Crippen LogP contribution in [0.4, 0.5) is 4.39 Å². The smallest absolute Gasteiger partial charge is 0.273 e. The molecular weight excluding hydrogens is 1040 g/mol. The Labute approximate surface area is 461 Å². The normalized spacial score (nSPS) is 17.5. The van der Waals surface area contributed by atoms with Gasteiger partial charge in [0.25, 0.3) is 29.5 Å². The Morgan fingerprint density at radius 2 is 1.66 bits per heavy atom. The van der Waals surface area contributed by atoms with Crippen LogP contribution in [-0.2, 0) is 32.1 Å². The molecule has 3 aromatic carbocycles. The maximum Gasteiger partial charge on any atom is 0.273 e. The van der Waals surface area contributed by atoms with Crippen LogP contribution in [0.15, 0.2) is 70.7 Å². The standard InChI is InChI=1S/C57H68FN9O11S/c1-32-48(79-31-62-32)35-12-14-37(28-61-52(73)43-26-38(68)29-67(43)54(75)49(56(2,3)4)64-55(76)57(58)19-20-57)45(25-35)77-30-47(70)59-21-9-7-8-10-22-60-50(71)36-13-11-33-16-18-41(40(33)23-36)63-51(72)42-27-46(78-65-42)34-15-17-39(44(69)24-34)53(74)66(5)6/h11-15,17,23-25,27,31,38,41,43,49,68-69H,7-10,16,18-22,26,28-30H2,1-6H3,(H,59,70)(H,60,71)(H,61,73)(H,63,72)(H,64,76)/t38-,41-,43+,49?/m1/s1. The number of nitrogens with zero attached hydrogens (tertiary/aromatic N) is 4. The summed E-state index contributed by atoms with van der Waals surface area (Å²) in [6.07, 6.45) is 3.48. The Balaban J connectivity index is 0.767. The van der Waals surface area contributed by atoms with Crippen LogP contribution in [0, 0.1) is 12.3 Å². The van der Waals surface area contributed by atoms with E-state index in [0.29, 0.717) is 54.8 Å². The van der Waals surface area contributed by atoms with Gasteiger partial charge in [-0.2, -0.15) is 0 Å². The largest absolute Gasteiger partial charge is 0.507 e. The summed E-state index contributed by atoms with van der Waals surface area (Å²) < 4.78 is 26.2. The number of hydrogen-bond acceptors (Lipinski definition) is 14. The second-order valence-corrected chi connectivity index (χ2v) is 22.6. The molecule has 2 fully saturated rings. The average molecular weight is 1110 g/mol. The van der Waals surface area contributed by atoms with Crippen molar-refractivity contribution in [3.63, 3.8) is 0 Å². The van der Waals surface area contributed by atoms with Gasteiger partial charge in [-0.15, -0.1) is 11.3 Å². The lowest BCUT2D eigenvalue weighted by Crippen LogP contribution is -2.59. The molecule has 79 heavy (non-hydrogen) atoms. The summed E-state index contributed by atoms with van der Waals surface area (Å²) >= 11 is 1.45. The first-order valence-electron chi connectivity index (χ1n) is 26.5. The van der Waals surface area contributed by atoms with Gasteiger partial charge in [0, 0.05) is 69.5 Å². The van der Waals surface area contributed by atoms with Gasteiger partial charge in [-0.25, -0.2) is 9.37 Å². The van der Waals surface area contributed by atoms with Gasteiger partial charge in [-0.1, -0.05) is 63.0 Å². The van der Waals surface area contributed by atoms with E-state index >= 15 is 0 Å². The Kier molecular flexibility index (Phi) is 17.8. The number of phenolic OH excluding ortho intramolecular Hbond substituents is 1. The molecular formula is C57H68FN9O11S. The number of thiazole rings is 1. The van der Waals surface area contributed by atoms with E-state index in [1.54, 1.807) is 70.7 Å². The van der Waals surface area contributed by atoms with E-state index in [1.807, 2.05) is 19.1 Å². The summed E-state index contributed by atoms with van der Waals surface area (Å²) in [6, 6.07) is 14.3. The molecule has 2 aliphatic carbocycles. The summed E-state index contributed by atoms with van der Waals surface area (Å²) in [5, 5.41) is 39.3. The van der Waals surface area contributed by atoms with Gasteiger partial charge in [-0.05, 0) is 97.9 Å². The van der Waals surface area contributed by atoms with Crippen LogP contribution in [-0.4, -0.2) is 136 Å². The molecule has 1 saturated heterocycles. The zero-order valence-electron chi connectivity index (χ0n) is 45.2. The van der Waals surface area contributed by atoms with Gasteiger partial charge in [0.2, 0.25) is 11.8 Å². The molecule has 22 heteroatoms. The van der Waals surface area contributed by atoms with Gasteiger partial charge >= 0.3 is 0 Å². The van der Waals surface area contributed by atoms with Gasteiger partial charge in [0.15, 0.2) is 23.7 Å². The molecule has 3 heterocycles. The third-order valence-corrected chi connectivity index (χ3v) is 15.4. The lowest BCUT2D eigenvalue weighted by Gasteiger charge is -2.35. The van der Waals surface area contributed by atoms with Gasteiger partial charge in [0.1, 0.15) is 23.6 Å². The van der Waals surface area contributed by atoms with E-state index in [9.17, 15) is 48.2 Å². The highest BCUT2D eigenvalue weighted by Crippen LogP contribution is 2.41. The van der Waals surface area contributed by atoms with E-state index in [1.165, 1.54) is 39.3 Å². The molecule has 1 unspecified atom stereocenters. The van der Waals surface area contributed by atoms with Crippen molar-refractivity contribution in [2.45, 2.75) is 122 Å². The number of β-amino-alcohol motifs (C(OH)–C–C–N with tert-alkyl or cyclic N) is 1. The molecule has 0 spiro atoms. The quantitative estimate of drug-likeness (QED) is 0.0411. The Hall–Kier alpha value is -7.72. The number of nitrogens with one attached hydrogen (secondary N) is 5. The van der Waals surface area contributed by atoms with Crippen molar-refractivity contribution in [3.8, 4) is 33.3 Å². The maximum atomic E-state index is 14.7. The molecule has 7 N–H and O–H groups in total. The molecule has 2 aromatic heterocycles. The second kappa shape index (κ2) is 24.5. The lowest BCUT2D eigenvalue weighted by molar-refractivity contribution is -0.145. The van der Waals surface area contributed by atoms with Crippen molar-refractivity contribution in [1.29, 1.82) is 0 Å². The number of phenols is 1. The van der Waals surface area contributed by atoms with E-state index in [4.69, 9.17) is 9.26 Å². The third-order valence-electron chi connectivity index (χ3n) is 14.4. The highest BCUT2D eigenvalue weighted by atomic mass is 32.1. The molecule has 5 aromatic rings. The van der Waals surface area contributed by atoms with Crippen LogP contribution in [0.5, 0.6) is 11.5 Å². The van der Waals surface area contributed by atoms with Crippen LogP contribution in [0.1, 0.15) is 132 Å². The number of halogens is 1. The highest BCUT2D eigenvalue weighted by molar-refractivity contribution is 7.13. The molecule has 1 aliphatic heterocycles. The highest BCUT2D eigenvalue weighted by Gasteiger charge is 2.53. The van der Waals surface area contributed by atoms with Crippen LogP contribution in [0.2, 0.25) is 0 Å². The maximum absolute atomic E-state index is 14.7. The van der Waals surface area contributed by atoms with Crippen LogP contribution in [0.3, 0.4) is 0 Å². The predicted molar refractivity (Wildman–Crippen MR) is 291 cm³/mol. The van der Waals surface area contributed by atoms with Crippen molar-refractivity contribution >= 4 is 52.7 Å². The summed E-state index contributed by atoms with van der Waals surface area (Å²) in [5.41, 5.74) is 4.03. The first kappa shape index (κ1) is 57.5. The summed E-state index contributed by atoms with van der Waals surface area (Å²) in [6.45, 7) is 7.45. The lowest BCUT2D eigenvalue weighted by atomic mass is 9.85. The number of ether oxygens (including phenoxy) is 1. The molecule has 3 aliphatic rings. The minimum absolute atomic E-state index is 0.0336. The fourth-order valence-corrected chi connectivity index (χ4v) is 10.5. The van der Waals surface area contributed by atoms with Crippen molar-refractivity contribution in [3.05, 3.63) is 105 Å². The van der Waals surface area contributed by atoms with Gasteiger partial charge in [-0.3, -0.25) is 33.6 Å². The van der Waals surface area contributed by atoms with Crippen LogP contribution >= 0.6 is 11.3 Å². The SMILES string of the molecule is Cc1ncsc1-c1ccc(CNC(=O)[C@@H]2C[C@@H](O)CN2C(=O)C(NC(=O)C2(F)CC2)C(C)(C)C)c(OCC(=O)NCCCCCCNC(=O)c2ccc3c(c2)[C@H](NC(=O)c2cc(-c4ccc(C(=O)N(C)C)c(O)c4)on2)CC3)c1. The summed E-state index contributed by atoms with van der Waals surface area (Å²) in [4.78, 5) is 100. The van der Waals surface area contributed by atoms with E-state index in [2.05, 4.69) is 36.7 Å². The number of benzene rings is 3. The Morgan fingerprint density at radius 3 is 2.34 bits per heavy atom. The molecule has 8 rings (SSSR count). The number of fused-ring (bicyclic) bond motifs is 1. The molecule has 20 nitrogen and oxygen atoms in total. The number of rotatable bonds is 22. The fraction of sp³-hybridized carbons (Fsp3) is 0.456. The zero-order valence-corrected chi connectivity index (χ0v) is 46.0. The first-order chi connectivity index (χ1) is 37.6. The number of alkyl halides is 1. The number of aromatic hydroxyl groups is 1. The number of aliphatic hydroxyl groups excluding tert-OH is 1. The topological polar surface area (TPSA) is 275 Å². The summed E-state index contributed by atoms with van der Waals surface area (Å²) in [5.74, 6) is -3.03. The Morgan fingerprint density at radius 1 is 0.924 bits per heavy atom. The number of carbonyl (C=O) groups excluding carboxylic acids is 7. The second-order valence-electron chi connectivity index (χ2n) is 21.7. The molecule has 0 bridgehead atoms. The van der Waals surface area contributed by atoms with E-state index in [-0.39, 0.29) is 85.5 Å². The molecule has 0 radical (unpaired) electrons. The third kappa shape index (κ3) is 13.9. The fourth-order valence-electron chi connectivity index (χ4n) is 9.65. The van der Waals surface area contributed by atoms with Gasteiger partial charge < -0.3 is 55.9 Å². The van der Waals surface area contributed by atoms with Crippen molar-refractivity contribution in [1.82, 2.24) is 46.5 Å². The minimum Gasteiger partial charge on any atom is -0.507 e. The first-order valence-corrected chi connectivity index (χ1v) is 27.4. The van der Waals surface area contributed by atoms with E-state index < -0.39 is 52.9 Å². The minimum atomic E-state index is -2.01. The number of unbranched alkanes of at least 4 members (excludes halogenated alkanes) is 3. The number of aromatic nitrogens is 2. The number of carbonyl (C=O) groups is 7. The number of hydrogen-bond donors (Lipinski definition) is 7. The number of likely N-dealkylation sites (tertiary alicyclic amines) is 1. The number of amides is 7. The van der Waals surface area contributed by atoms with Crippen molar-refractivity contribution < 1.29 is 57.4 Å². The zero-order chi connectivity index (χ0) is 56.8. The van der Waals surface area contributed by atoms with Crippen LogP contribution in [0.25, 0.3) is 21.8 Å². The Bertz CT molecular complexity index is 3110. The molecule has 420 valence electrons. The molecule has 7 amide bonds. The van der Waals surface area contributed by atoms with Gasteiger partial charge in [0.05, 0.1) is 33.8 Å². The molecule has 4 atom stereocenters. The number of aryl methyl sites for hydroxylation is 2. The predicted octanol–water partition coefficient (Wildman–Crippen LogP) is 5.69. The molecule has 1 saturated carbocycles. The van der Waals surface area contributed by atoms with Crippen LogP contribution < -0.4 is 31.3 Å². The average Bonchev–Trinajstić information content (AvgIpc) is 4.10. The monoisotopic (exact) mass is 1110 g/mol. The summed E-state index contributed by atoms with van der Waals surface area (Å²) in [7, 11) is 3.16.